The quantitative estimate of drug-likeness (QED) is 0.716. The molecule has 5 heteroatoms. The predicted molar refractivity (Wildman–Crippen MR) is 105 cm³/mol. The molecule has 0 saturated carbocycles. The number of thiazole rings is 1. The number of benzene rings is 2. The minimum atomic E-state index is -0.316. The maximum atomic E-state index is 12.1. The summed E-state index contributed by atoms with van der Waals surface area (Å²) in [5, 5.41) is 3.95. The SMILES string of the molecule is Cc1sc(-c2ccccc2)nc1-c1ccc(NC(=O)C2CCCO2)cc1. The highest BCUT2D eigenvalue weighted by Crippen LogP contribution is 2.33. The van der Waals surface area contributed by atoms with Gasteiger partial charge in [0, 0.05) is 28.3 Å². The van der Waals surface area contributed by atoms with Crippen molar-refractivity contribution in [2.75, 3.05) is 11.9 Å². The number of nitrogens with one attached hydrogen (secondary N) is 1. The summed E-state index contributed by atoms with van der Waals surface area (Å²) >= 11 is 1.70. The van der Waals surface area contributed by atoms with Crippen LogP contribution in [0, 0.1) is 6.92 Å². The minimum Gasteiger partial charge on any atom is -0.368 e. The summed E-state index contributed by atoms with van der Waals surface area (Å²) in [7, 11) is 0. The van der Waals surface area contributed by atoms with Gasteiger partial charge in [-0.25, -0.2) is 4.98 Å². The van der Waals surface area contributed by atoms with Crippen molar-refractivity contribution in [1.82, 2.24) is 4.98 Å². The van der Waals surface area contributed by atoms with E-state index in [0.717, 1.165) is 40.4 Å². The smallest absolute Gasteiger partial charge is 0.253 e. The molecule has 4 rings (SSSR count). The van der Waals surface area contributed by atoms with Crippen LogP contribution in [0.1, 0.15) is 17.7 Å². The fourth-order valence-electron chi connectivity index (χ4n) is 3.09. The number of anilines is 1. The van der Waals surface area contributed by atoms with Crippen LogP contribution in [0.3, 0.4) is 0 Å². The van der Waals surface area contributed by atoms with Gasteiger partial charge in [-0.05, 0) is 31.9 Å². The Morgan fingerprint density at radius 2 is 1.88 bits per heavy atom. The maximum absolute atomic E-state index is 12.1. The Labute approximate surface area is 156 Å². The van der Waals surface area contributed by atoms with E-state index in [4.69, 9.17) is 9.72 Å². The molecule has 1 atom stereocenters. The molecular formula is C21H20N2O2S. The van der Waals surface area contributed by atoms with Crippen molar-refractivity contribution in [3.63, 3.8) is 0 Å². The van der Waals surface area contributed by atoms with E-state index in [0.29, 0.717) is 6.61 Å². The number of rotatable bonds is 4. The maximum Gasteiger partial charge on any atom is 0.253 e. The lowest BCUT2D eigenvalue weighted by Crippen LogP contribution is -2.26. The van der Waals surface area contributed by atoms with Crippen molar-refractivity contribution >= 4 is 22.9 Å². The molecule has 1 fully saturated rings. The first-order valence-electron chi connectivity index (χ1n) is 8.76. The molecule has 4 nitrogen and oxygen atoms in total. The molecular weight excluding hydrogens is 344 g/mol. The van der Waals surface area contributed by atoms with Crippen molar-refractivity contribution in [2.45, 2.75) is 25.9 Å². The summed E-state index contributed by atoms with van der Waals surface area (Å²) in [5.41, 5.74) is 3.96. The zero-order valence-electron chi connectivity index (χ0n) is 14.6. The number of aryl methyl sites for hydroxylation is 1. The largest absolute Gasteiger partial charge is 0.368 e. The fraction of sp³-hybridized carbons (Fsp3) is 0.238. The van der Waals surface area contributed by atoms with Gasteiger partial charge in [-0.2, -0.15) is 0 Å². The van der Waals surface area contributed by atoms with Crippen LogP contribution in [0.4, 0.5) is 5.69 Å². The molecule has 2 heterocycles. The van der Waals surface area contributed by atoms with E-state index in [1.807, 2.05) is 42.5 Å². The minimum absolute atomic E-state index is 0.0635. The Hall–Kier alpha value is -2.50. The molecule has 0 radical (unpaired) electrons. The first-order chi connectivity index (χ1) is 12.7. The standard InChI is InChI=1S/C21H20N2O2S/c1-14-19(23-21(26-14)16-6-3-2-4-7-16)15-9-11-17(12-10-15)22-20(24)18-8-5-13-25-18/h2-4,6-7,9-12,18H,5,8,13H2,1H3,(H,22,24). The molecule has 1 aromatic heterocycles. The van der Waals surface area contributed by atoms with Gasteiger partial charge in [-0.1, -0.05) is 42.5 Å². The summed E-state index contributed by atoms with van der Waals surface area (Å²) < 4.78 is 5.42. The molecule has 0 bridgehead atoms. The van der Waals surface area contributed by atoms with Crippen LogP contribution in [0.25, 0.3) is 21.8 Å². The monoisotopic (exact) mass is 364 g/mol. The van der Waals surface area contributed by atoms with E-state index in [9.17, 15) is 4.79 Å². The Morgan fingerprint density at radius 1 is 1.12 bits per heavy atom. The average molecular weight is 364 g/mol. The van der Waals surface area contributed by atoms with Crippen molar-refractivity contribution in [1.29, 1.82) is 0 Å². The highest BCUT2D eigenvalue weighted by Gasteiger charge is 2.23. The molecule has 0 spiro atoms. The second-order valence-corrected chi connectivity index (χ2v) is 7.56. The molecule has 132 valence electrons. The number of aromatic nitrogens is 1. The third-order valence-corrected chi connectivity index (χ3v) is 5.49. The molecule has 1 aliphatic heterocycles. The number of hydrogen-bond acceptors (Lipinski definition) is 4. The molecule has 26 heavy (non-hydrogen) atoms. The summed E-state index contributed by atoms with van der Waals surface area (Å²) in [6.45, 7) is 2.76. The van der Waals surface area contributed by atoms with E-state index in [-0.39, 0.29) is 12.0 Å². The van der Waals surface area contributed by atoms with Crippen molar-refractivity contribution < 1.29 is 9.53 Å². The molecule has 1 unspecified atom stereocenters. The molecule has 1 saturated heterocycles. The molecule has 2 aromatic carbocycles. The van der Waals surface area contributed by atoms with E-state index in [2.05, 4.69) is 24.4 Å². The van der Waals surface area contributed by atoms with E-state index in [1.165, 1.54) is 4.88 Å². The number of ether oxygens (including phenoxy) is 1. The predicted octanol–water partition coefficient (Wildman–Crippen LogP) is 4.90. The number of carbonyl (C=O) groups excluding carboxylic acids is 1. The van der Waals surface area contributed by atoms with Gasteiger partial charge >= 0.3 is 0 Å². The Bertz CT molecular complexity index is 898. The van der Waals surface area contributed by atoms with E-state index in [1.54, 1.807) is 11.3 Å². The van der Waals surface area contributed by atoms with Gasteiger partial charge in [-0.3, -0.25) is 4.79 Å². The summed E-state index contributed by atoms with van der Waals surface area (Å²) in [6.07, 6.45) is 1.43. The second kappa shape index (κ2) is 7.40. The zero-order valence-corrected chi connectivity index (χ0v) is 15.4. The normalized spacial score (nSPS) is 16.6. The first kappa shape index (κ1) is 16.9. The molecule has 1 aliphatic rings. The lowest BCUT2D eigenvalue weighted by atomic mass is 10.1. The summed E-state index contributed by atoms with van der Waals surface area (Å²) in [4.78, 5) is 18.1. The molecule has 3 aromatic rings. The average Bonchev–Trinajstić information content (AvgIpc) is 3.33. The Balaban J connectivity index is 1.52. The summed E-state index contributed by atoms with van der Waals surface area (Å²) in [6, 6.07) is 18.1. The highest BCUT2D eigenvalue weighted by molar-refractivity contribution is 7.15. The van der Waals surface area contributed by atoms with Crippen LogP contribution in [0.5, 0.6) is 0 Å². The van der Waals surface area contributed by atoms with Crippen LogP contribution in [0.2, 0.25) is 0 Å². The van der Waals surface area contributed by atoms with Crippen LogP contribution in [0.15, 0.2) is 54.6 Å². The van der Waals surface area contributed by atoms with Crippen molar-refractivity contribution in [3.8, 4) is 21.8 Å². The van der Waals surface area contributed by atoms with Crippen LogP contribution in [-0.2, 0) is 9.53 Å². The van der Waals surface area contributed by atoms with E-state index < -0.39 is 0 Å². The van der Waals surface area contributed by atoms with Gasteiger partial charge in [0.2, 0.25) is 0 Å². The van der Waals surface area contributed by atoms with Gasteiger partial charge in [0.1, 0.15) is 11.1 Å². The number of nitrogens with zero attached hydrogens (tertiary/aromatic N) is 1. The van der Waals surface area contributed by atoms with Gasteiger partial charge in [0.15, 0.2) is 0 Å². The fourth-order valence-corrected chi connectivity index (χ4v) is 4.03. The highest BCUT2D eigenvalue weighted by atomic mass is 32.1. The third-order valence-electron chi connectivity index (χ3n) is 4.47. The Kier molecular flexibility index (Phi) is 4.82. The van der Waals surface area contributed by atoms with Gasteiger partial charge in [0.05, 0.1) is 5.69 Å². The molecule has 0 aliphatic carbocycles. The van der Waals surface area contributed by atoms with Gasteiger partial charge in [0.25, 0.3) is 5.91 Å². The number of hydrogen-bond donors (Lipinski definition) is 1. The lowest BCUT2D eigenvalue weighted by Gasteiger charge is -2.10. The van der Waals surface area contributed by atoms with Crippen molar-refractivity contribution in [3.05, 3.63) is 59.5 Å². The third kappa shape index (κ3) is 3.54. The molecule has 1 amide bonds. The van der Waals surface area contributed by atoms with Crippen LogP contribution in [-0.4, -0.2) is 23.6 Å². The van der Waals surface area contributed by atoms with Crippen LogP contribution < -0.4 is 5.32 Å². The first-order valence-corrected chi connectivity index (χ1v) is 9.58. The van der Waals surface area contributed by atoms with Gasteiger partial charge in [-0.15, -0.1) is 11.3 Å². The van der Waals surface area contributed by atoms with Crippen LogP contribution >= 0.6 is 11.3 Å². The lowest BCUT2D eigenvalue weighted by molar-refractivity contribution is -0.124. The summed E-state index contributed by atoms with van der Waals surface area (Å²) in [5.74, 6) is -0.0635. The zero-order chi connectivity index (χ0) is 17.9. The van der Waals surface area contributed by atoms with Crippen molar-refractivity contribution in [2.24, 2.45) is 0 Å². The van der Waals surface area contributed by atoms with Gasteiger partial charge < -0.3 is 10.1 Å². The van der Waals surface area contributed by atoms with E-state index >= 15 is 0 Å². The topological polar surface area (TPSA) is 51.2 Å². The molecule has 1 N–H and O–H groups in total. The number of amides is 1. The number of carbonyl (C=O) groups is 1. The Morgan fingerprint density at radius 3 is 2.58 bits per heavy atom. The second-order valence-electron chi connectivity index (χ2n) is 6.36.